The van der Waals surface area contributed by atoms with Crippen LogP contribution in [0.1, 0.15) is 44.9 Å². The van der Waals surface area contributed by atoms with Crippen LogP contribution in [0.3, 0.4) is 0 Å². The molecule has 0 radical (unpaired) electrons. The van der Waals surface area contributed by atoms with E-state index in [1.807, 2.05) is 6.07 Å². The highest BCUT2D eigenvalue weighted by atomic mass is 16.1. The Hall–Kier alpha value is -1.65. The highest BCUT2D eigenvalue weighted by Crippen LogP contribution is 2.26. The van der Waals surface area contributed by atoms with Crippen LogP contribution in [0.15, 0.2) is 12.4 Å². The molecule has 3 rings (SSSR count). The molecule has 0 unspecified atom stereocenters. The zero-order valence-electron chi connectivity index (χ0n) is 11.8. The number of carbonyl (C=O) groups excluding carboxylic acids is 1. The lowest BCUT2D eigenvalue weighted by Gasteiger charge is -2.27. The van der Waals surface area contributed by atoms with E-state index in [0.717, 1.165) is 31.7 Å². The summed E-state index contributed by atoms with van der Waals surface area (Å²) in [5, 5.41) is 2.95. The van der Waals surface area contributed by atoms with Gasteiger partial charge in [0.1, 0.15) is 18.0 Å². The number of anilines is 2. The summed E-state index contributed by atoms with van der Waals surface area (Å²) in [4.78, 5) is 22.9. The summed E-state index contributed by atoms with van der Waals surface area (Å²) in [6.45, 7) is 2.10. The van der Waals surface area contributed by atoms with E-state index in [2.05, 4.69) is 20.2 Å². The van der Waals surface area contributed by atoms with Crippen LogP contribution in [0.25, 0.3) is 0 Å². The highest BCUT2D eigenvalue weighted by molar-refractivity contribution is 5.92. The van der Waals surface area contributed by atoms with Gasteiger partial charge in [0.25, 0.3) is 0 Å². The molecule has 1 N–H and O–H groups in total. The molecule has 0 bridgehead atoms. The van der Waals surface area contributed by atoms with Gasteiger partial charge in [-0.05, 0) is 32.1 Å². The number of nitrogens with one attached hydrogen (secondary N) is 1. The largest absolute Gasteiger partial charge is 0.356 e. The van der Waals surface area contributed by atoms with Crippen molar-refractivity contribution in [1.82, 2.24) is 9.97 Å². The van der Waals surface area contributed by atoms with Crippen molar-refractivity contribution in [3.05, 3.63) is 12.4 Å². The summed E-state index contributed by atoms with van der Waals surface area (Å²) in [5.74, 6) is 1.85. The normalized spacial score (nSPS) is 20.1. The monoisotopic (exact) mass is 274 g/mol. The van der Waals surface area contributed by atoms with Crippen LogP contribution in [0.2, 0.25) is 0 Å². The molecule has 1 aromatic rings. The van der Waals surface area contributed by atoms with Gasteiger partial charge in [-0.1, -0.05) is 12.8 Å². The maximum atomic E-state index is 12.1. The molecule has 5 nitrogen and oxygen atoms in total. The number of hydrogen-bond acceptors (Lipinski definition) is 4. The number of amides is 1. The van der Waals surface area contributed by atoms with Gasteiger partial charge in [-0.25, -0.2) is 9.97 Å². The second-order valence-corrected chi connectivity index (χ2v) is 5.78. The molecule has 2 heterocycles. The van der Waals surface area contributed by atoms with Gasteiger partial charge in [-0.15, -0.1) is 0 Å². The molecule has 5 heteroatoms. The van der Waals surface area contributed by atoms with Crippen LogP contribution >= 0.6 is 0 Å². The number of nitrogens with zero attached hydrogens (tertiary/aromatic N) is 3. The van der Waals surface area contributed by atoms with E-state index in [9.17, 15) is 4.79 Å². The van der Waals surface area contributed by atoms with Crippen molar-refractivity contribution in [3.8, 4) is 0 Å². The van der Waals surface area contributed by atoms with Crippen molar-refractivity contribution < 1.29 is 4.79 Å². The first-order valence-corrected chi connectivity index (χ1v) is 7.71. The Bertz CT molecular complexity index is 465. The third-order valence-corrected chi connectivity index (χ3v) is 4.31. The van der Waals surface area contributed by atoms with E-state index in [1.165, 1.54) is 32.1 Å². The standard InChI is InChI=1S/C15H22N4O/c20-15(12-6-2-3-7-12)18-13-10-14(17-11-16-13)19-8-4-1-5-9-19/h10-12H,1-9H2,(H,16,17,18,20). The van der Waals surface area contributed by atoms with Crippen LogP contribution < -0.4 is 10.2 Å². The second-order valence-electron chi connectivity index (χ2n) is 5.78. The number of carbonyl (C=O) groups is 1. The third-order valence-electron chi connectivity index (χ3n) is 4.31. The Balaban J connectivity index is 1.65. The molecule has 1 amide bonds. The van der Waals surface area contributed by atoms with Gasteiger partial charge in [-0.2, -0.15) is 0 Å². The molecule has 20 heavy (non-hydrogen) atoms. The van der Waals surface area contributed by atoms with Crippen LogP contribution in [0, 0.1) is 5.92 Å². The van der Waals surface area contributed by atoms with Crippen molar-refractivity contribution in [2.24, 2.45) is 5.92 Å². The van der Waals surface area contributed by atoms with E-state index >= 15 is 0 Å². The Morgan fingerprint density at radius 2 is 1.85 bits per heavy atom. The van der Waals surface area contributed by atoms with Gasteiger partial charge in [0, 0.05) is 25.1 Å². The number of piperidine rings is 1. The van der Waals surface area contributed by atoms with E-state index < -0.39 is 0 Å². The van der Waals surface area contributed by atoms with Gasteiger partial charge < -0.3 is 10.2 Å². The topological polar surface area (TPSA) is 58.1 Å². The summed E-state index contributed by atoms with van der Waals surface area (Å²) in [5.41, 5.74) is 0. The minimum Gasteiger partial charge on any atom is -0.356 e. The number of rotatable bonds is 3. The lowest BCUT2D eigenvalue weighted by atomic mass is 10.1. The van der Waals surface area contributed by atoms with E-state index in [-0.39, 0.29) is 11.8 Å². The Morgan fingerprint density at radius 1 is 1.10 bits per heavy atom. The fourth-order valence-electron chi connectivity index (χ4n) is 3.13. The third kappa shape index (κ3) is 3.08. The average molecular weight is 274 g/mol. The highest BCUT2D eigenvalue weighted by Gasteiger charge is 2.23. The smallest absolute Gasteiger partial charge is 0.228 e. The van der Waals surface area contributed by atoms with Gasteiger partial charge in [0.15, 0.2) is 0 Å². The second kappa shape index (κ2) is 6.20. The molecule has 2 fully saturated rings. The van der Waals surface area contributed by atoms with Gasteiger partial charge >= 0.3 is 0 Å². The first-order chi connectivity index (χ1) is 9.83. The van der Waals surface area contributed by atoms with Crippen LogP contribution in [0.4, 0.5) is 11.6 Å². The van der Waals surface area contributed by atoms with Crippen molar-refractivity contribution in [1.29, 1.82) is 0 Å². The van der Waals surface area contributed by atoms with Crippen molar-refractivity contribution in [2.75, 3.05) is 23.3 Å². The van der Waals surface area contributed by atoms with Crippen molar-refractivity contribution in [2.45, 2.75) is 44.9 Å². The molecule has 0 atom stereocenters. The van der Waals surface area contributed by atoms with Gasteiger partial charge in [0.2, 0.25) is 5.91 Å². The molecule has 2 aliphatic rings. The lowest BCUT2D eigenvalue weighted by molar-refractivity contribution is -0.119. The summed E-state index contributed by atoms with van der Waals surface area (Å²) >= 11 is 0. The molecule has 1 saturated carbocycles. The molecule has 1 saturated heterocycles. The summed E-state index contributed by atoms with van der Waals surface area (Å²) in [6, 6.07) is 1.90. The van der Waals surface area contributed by atoms with Crippen molar-refractivity contribution in [3.63, 3.8) is 0 Å². The molecule has 1 aromatic heterocycles. The maximum absolute atomic E-state index is 12.1. The fraction of sp³-hybridized carbons (Fsp3) is 0.667. The summed E-state index contributed by atoms with van der Waals surface area (Å²) in [7, 11) is 0. The lowest BCUT2D eigenvalue weighted by Crippen LogP contribution is -2.30. The minimum absolute atomic E-state index is 0.116. The van der Waals surface area contributed by atoms with Crippen LogP contribution in [-0.2, 0) is 4.79 Å². The minimum atomic E-state index is 0.116. The number of aromatic nitrogens is 2. The summed E-state index contributed by atoms with van der Waals surface area (Å²) < 4.78 is 0. The molecule has 0 spiro atoms. The van der Waals surface area contributed by atoms with Crippen molar-refractivity contribution >= 4 is 17.5 Å². The molecule has 1 aliphatic heterocycles. The zero-order chi connectivity index (χ0) is 13.8. The fourth-order valence-corrected chi connectivity index (χ4v) is 3.13. The first kappa shape index (κ1) is 13.3. The number of hydrogen-bond donors (Lipinski definition) is 1. The predicted octanol–water partition coefficient (Wildman–Crippen LogP) is 2.60. The first-order valence-electron chi connectivity index (χ1n) is 7.71. The molecular weight excluding hydrogens is 252 g/mol. The van der Waals surface area contributed by atoms with E-state index in [0.29, 0.717) is 5.82 Å². The summed E-state index contributed by atoms with van der Waals surface area (Å²) in [6.07, 6.45) is 9.64. The Labute approximate surface area is 119 Å². The molecule has 0 aromatic carbocycles. The van der Waals surface area contributed by atoms with E-state index in [4.69, 9.17) is 0 Å². The molecule has 108 valence electrons. The van der Waals surface area contributed by atoms with Gasteiger partial charge in [-0.3, -0.25) is 4.79 Å². The van der Waals surface area contributed by atoms with Gasteiger partial charge in [0.05, 0.1) is 0 Å². The molecule has 1 aliphatic carbocycles. The van der Waals surface area contributed by atoms with Crippen LogP contribution in [0.5, 0.6) is 0 Å². The Kier molecular flexibility index (Phi) is 4.14. The SMILES string of the molecule is O=C(Nc1cc(N2CCCCC2)ncn1)C1CCCC1. The quantitative estimate of drug-likeness (QED) is 0.920. The predicted molar refractivity (Wildman–Crippen MR) is 78.7 cm³/mol. The zero-order valence-corrected chi connectivity index (χ0v) is 11.8. The molecular formula is C15H22N4O. The Morgan fingerprint density at radius 3 is 2.60 bits per heavy atom. The van der Waals surface area contributed by atoms with E-state index in [1.54, 1.807) is 6.33 Å². The maximum Gasteiger partial charge on any atom is 0.228 e. The van der Waals surface area contributed by atoms with Crippen LogP contribution in [-0.4, -0.2) is 29.0 Å². The average Bonchev–Trinajstić information content (AvgIpc) is 3.03.